The third-order valence-corrected chi connectivity index (χ3v) is 4.91. The third kappa shape index (κ3) is 4.37. The molecule has 2 aromatic heterocycles. The predicted molar refractivity (Wildman–Crippen MR) is 103 cm³/mol. The lowest BCUT2D eigenvalue weighted by molar-refractivity contribution is -0.116. The van der Waals surface area contributed by atoms with Gasteiger partial charge in [0.2, 0.25) is 17.7 Å². The van der Waals surface area contributed by atoms with E-state index in [0.717, 1.165) is 11.1 Å². The Bertz CT molecular complexity index is 970. The first-order valence-electron chi connectivity index (χ1n) is 8.83. The van der Waals surface area contributed by atoms with Gasteiger partial charge in [-0.1, -0.05) is 12.1 Å². The van der Waals surface area contributed by atoms with Crippen LogP contribution in [0.4, 0.5) is 10.5 Å². The second-order valence-electron chi connectivity index (χ2n) is 6.30. The van der Waals surface area contributed by atoms with Gasteiger partial charge in [0.25, 0.3) is 0 Å². The molecule has 0 atom stereocenters. The Morgan fingerprint density at radius 1 is 1.29 bits per heavy atom. The molecule has 2 amide bonds. The van der Waals surface area contributed by atoms with Crippen LogP contribution in [0.25, 0.3) is 11.5 Å². The molecule has 8 nitrogen and oxygen atoms in total. The van der Waals surface area contributed by atoms with Crippen molar-refractivity contribution in [3.63, 3.8) is 0 Å². The highest BCUT2D eigenvalue weighted by atomic mass is 32.1. The molecule has 0 spiro atoms. The van der Waals surface area contributed by atoms with Crippen LogP contribution >= 0.6 is 11.3 Å². The lowest BCUT2D eigenvalue weighted by Gasteiger charge is -2.13. The van der Waals surface area contributed by atoms with E-state index < -0.39 is 0 Å². The van der Waals surface area contributed by atoms with Crippen molar-refractivity contribution in [2.24, 2.45) is 0 Å². The molecule has 0 radical (unpaired) electrons. The number of nitrogens with zero attached hydrogens (tertiary/aromatic N) is 3. The van der Waals surface area contributed by atoms with Crippen LogP contribution in [0.2, 0.25) is 0 Å². The van der Waals surface area contributed by atoms with Crippen molar-refractivity contribution >= 4 is 29.0 Å². The van der Waals surface area contributed by atoms with Crippen LogP contribution in [0.1, 0.15) is 17.9 Å². The highest BCUT2D eigenvalue weighted by molar-refractivity contribution is 7.08. The van der Waals surface area contributed by atoms with Crippen LogP contribution in [0.15, 0.2) is 45.5 Å². The number of ether oxygens (including phenoxy) is 1. The maximum absolute atomic E-state index is 12.2. The molecule has 9 heteroatoms. The van der Waals surface area contributed by atoms with Crippen molar-refractivity contribution in [1.82, 2.24) is 15.1 Å². The number of benzene rings is 1. The first-order valence-corrected chi connectivity index (χ1v) is 9.77. The van der Waals surface area contributed by atoms with Gasteiger partial charge in [0, 0.05) is 36.0 Å². The molecular formula is C19H18N4O4S. The summed E-state index contributed by atoms with van der Waals surface area (Å²) in [6.07, 6.45) is 0.284. The number of hydrogen-bond donors (Lipinski definition) is 1. The largest absolute Gasteiger partial charge is 0.448 e. The SMILES string of the molecule is O=C(CCc1nnc(-c2ccsc2)o1)Nc1cccc(CN2CCOC2=O)c1. The van der Waals surface area contributed by atoms with Gasteiger partial charge in [-0.05, 0) is 29.1 Å². The molecule has 0 aliphatic carbocycles. The molecule has 0 bridgehead atoms. The molecular weight excluding hydrogens is 380 g/mol. The molecule has 1 N–H and O–H groups in total. The number of aryl methyl sites for hydroxylation is 1. The quantitative estimate of drug-likeness (QED) is 0.656. The molecule has 4 rings (SSSR count). The Kier molecular flexibility index (Phi) is 5.34. The molecule has 1 saturated heterocycles. The molecule has 1 aliphatic rings. The standard InChI is InChI=1S/C19H18N4O4S/c24-16(4-5-17-21-22-18(27-17)14-6-9-28-12-14)20-15-3-1-2-13(10-15)11-23-7-8-26-19(23)25/h1-3,6,9-10,12H,4-5,7-8,11H2,(H,20,24). The van der Waals surface area contributed by atoms with Gasteiger partial charge in [-0.25, -0.2) is 4.79 Å². The average molecular weight is 398 g/mol. The van der Waals surface area contributed by atoms with Crippen molar-refractivity contribution in [3.05, 3.63) is 52.5 Å². The number of hydrogen-bond acceptors (Lipinski definition) is 7. The van der Waals surface area contributed by atoms with E-state index in [9.17, 15) is 9.59 Å². The summed E-state index contributed by atoms with van der Waals surface area (Å²) in [4.78, 5) is 25.4. The number of aromatic nitrogens is 2. The van der Waals surface area contributed by atoms with E-state index in [-0.39, 0.29) is 18.4 Å². The zero-order valence-corrected chi connectivity index (χ0v) is 15.8. The van der Waals surface area contributed by atoms with Crippen LogP contribution in [-0.4, -0.2) is 40.2 Å². The number of rotatable bonds is 7. The smallest absolute Gasteiger partial charge is 0.410 e. The van der Waals surface area contributed by atoms with Crippen molar-refractivity contribution in [1.29, 1.82) is 0 Å². The van der Waals surface area contributed by atoms with Crippen LogP contribution in [0.5, 0.6) is 0 Å². The summed E-state index contributed by atoms with van der Waals surface area (Å²) in [5.41, 5.74) is 2.49. The summed E-state index contributed by atoms with van der Waals surface area (Å²) < 4.78 is 10.5. The Morgan fingerprint density at radius 2 is 2.21 bits per heavy atom. The average Bonchev–Trinajstić information content (AvgIpc) is 3.43. The highest BCUT2D eigenvalue weighted by Crippen LogP contribution is 2.21. The fourth-order valence-electron chi connectivity index (χ4n) is 2.84. The second kappa shape index (κ2) is 8.22. The highest BCUT2D eigenvalue weighted by Gasteiger charge is 2.21. The van der Waals surface area contributed by atoms with Gasteiger partial charge in [0.15, 0.2) is 0 Å². The van der Waals surface area contributed by atoms with E-state index in [1.807, 2.05) is 41.1 Å². The van der Waals surface area contributed by atoms with Crippen molar-refractivity contribution in [3.8, 4) is 11.5 Å². The molecule has 3 heterocycles. The second-order valence-corrected chi connectivity index (χ2v) is 7.08. The maximum Gasteiger partial charge on any atom is 0.410 e. The minimum atomic E-state index is -0.309. The van der Waals surface area contributed by atoms with Gasteiger partial charge >= 0.3 is 6.09 Å². The molecule has 1 aliphatic heterocycles. The lowest BCUT2D eigenvalue weighted by Crippen LogP contribution is -2.23. The molecule has 0 unspecified atom stereocenters. The summed E-state index contributed by atoms with van der Waals surface area (Å²) in [6, 6.07) is 9.32. The number of nitrogens with one attached hydrogen (secondary N) is 1. The van der Waals surface area contributed by atoms with Gasteiger partial charge in [-0.3, -0.25) is 4.79 Å². The predicted octanol–water partition coefficient (Wildman–Crippen LogP) is 3.32. The monoisotopic (exact) mass is 398 g/mol. The van der Waals surface area contributed by atoms with Gasteiger partial charge in [0.05, 0.1) is 6.54 Å². The third-order valence-electron chi connectivity index (χ3n) is 4.23. The van der Waals surface area contributed by atoms with E-state index in [1.165, 1.54) is 0 Å². The lowest BCUT2D eigenvalue weighted by atomic mass is 10.2. The molecule has 28 heavy (non-hydrogen) atoms. The summed E-state index contributed by atoms with van der Waals surface area (Å²) in [6.45, 7) is 1.45. The van der Waals surface area contributed by atoms with Crippen LogP contribution in [0, 0.1) is 0 Å². The Labute approximate surface area is 165 Å². The maximum atomic E-state index is 12.2. The zero-order chi connectivity index (χ0) is 19.3. The molecule has 3 aromatic rings. The van der Waals surface area contributed by atoms with Crippen LogP contribution < -0.4 is 5.32 Å². The number of anilines is 1. The topological polar surface area (TPSA) is 97.6 Å². The summed E-state index contributed by atoms with van der Waals surface area (Å²) in [5, 5.41) is 14.7. The van der Waals surface area contributed by atoms with Gasteiger partial charge in [-0.2, -0.15) is 11.3 Å². The Balaban J connectivity index is 1.30. The molecule has 144 valence electrons. The van der Waals surface area contributed by atoms with E-state index in [2.05, 4.69) is 15.5 Å². The van der Waals surface area contributed by atoms with Crippen LogP contribution in [-0.2, 0) is 22.5 Å². The number of amides is 2. The van der Waals surface area contributed by atoms with Crippen molar-refractivity contribution in [2.75, 3.05) is 18.5 Å². The fraction of sp³-hybridized carbons (Fsp3) is 0.263. The van der Waals surface area contributed by atoms with Crippen molar-refractivity contribution in [2.45, 2.75) is 19.4 Å². The summed E-state index contributed by atoms with van der Waals surface area (Å²) in [5.74, 6) is 0.746. The first kappa shape index (κ1) is 18.2. The van der Waals surface area contributed by atoms with E-state index >= 15 is 0 Å². The van der Waals surface area contributed by atoms with Gasteiger partial charge < -0.3 is 19.4 Å². The minimum Gasteiger partial charge on any atom is -0.448 e. The summed E-state index contributed by atoms with van der Waals surface area (Å²) in [7, 11) is 0. The molecule has 0 saturated carbocycles. The minimum absolute atomic E-state index is 0.145. The summed E-state index contributed by atoms with van der Waals surface area (Å²) >= 11 is 1.55. The zero-order valence-electron chi connectivity index (χ0n) is 15.0. The van der Waals surface area contributed by atoms with E-state index in [1.54, 1.807) is 16.2 Å². The number of carbonyl (C=O) groups is 2. The van der Waals surface area contributed by atoms with E-state index in [0.29, 0.717) is 43.6 Å². The molecule has 1 fully saturated rings. The number of thiophene rings is 1. The van der Waals surface area contributed by atoms with Crippen LogP contribution in [0.3, 0.4) is 0 Å². The molecule has 1 aromatic carbocycles. The Morgan fingerprint density at radius 3 is 3.00 bits per heavy atom. The Hall–Kier alpha value is -3.20. The number of carbonyl (C=O) groups excluding carboxylic acids is 2. The van der Waals surface area contributed by atoms with E-state index in [4.69, 9.17) is 9.15 Å². The van der Waals surface area contributed by atoms with Crippen molar-refractivity contribution < 1.29 is 18.7 Å². The van der Waals surface area contributed by atoms with Gasteiger partial charge in [-0.15, -0.1) is 10.2 Å². The normalized spacial score (nSPS) is 13.6. The number of cyclic esters (lactones) is 1. The van der Waals surface area contributed by atoms with Gasteiger partial charge in [0.1, 0.15) is 6.61 Å². The fourth-order valence-corrected chi connectivity index (χ4v) is 3.47. The first-order chi connectivity index (χ1) is 13.7.